The van der Waals surface area contributed by atoms with Gasteiger partial charge in [0, 0.05) is 5.56 Å². The highest BCUT2D eigenvalue weighted by Gasteiger charge is 2.50. The highest BCUT2D eigenvalue weighted by atomic mass is 79.9. The highest BCUT2D eigenvalue weighted by Crippen LogP contribution is 2.50. The van der Waals surface area contributed by atoms with Crippen molar-refractivity contribution in [3.8, 4) is 0 Å². The first-order valence-electron chi connectivity index (χ1n) is 4.40. The van der Waals surface area contributed by atoms with Gasteiger partial charge in [0.1, 0.15) is 0 Å². The minimum Gasteiger partial charge on any atom is -0.452 e. The fourth-order valence-corrected chi connectivity index (χ4v) is 2.60. The first kappa shape index (κ1) is 11.6. The number of hydrogen-bond donors (Lipinski definition) is 0. The van der Waals surface area contributed by atoms with Crippen LogP contribution in [0.25, 0.3) is 0 Å². The molecule has 0 N–H and O–H groups in total. The Balaban J connectivity index is 2.60. The molecule has 0 radical (unpaired) electrons. The number of carbonyl (C=O) groups is 2. The number of hydrogen-bond acceptors (Lipinski definition) is 3. The monoisotopic (exact) mass is 347 g/mol. The van der Waals surface area contributed by atoms with E-state index in [-0.39, 0.29) is 0 Å². The van der Waals surface area contributed by atoms with E-state index >= 15 is 0 Å². The second-order valence-electron chi connectivity index (χ2n) is 3.20. The summed E-state index contributed by atoms with van der Waals surface area (Å²) >= 11 is 6.52. The van der Waals surface area contributed by atoms with E-state index in [1.165, 1.54) is 7.11 Å². The van der Waals surface area contributed by atoms with Crippen LogP contribution in [0.15, 0.2) is 24.3 Å². The number of carbonyl (C=O) groups excluding carboxylic acids is 2. The third kappa shape index (κ3) is 1.48. The maximum Gasteiger partial charge on any atom is 0.421 e. The number of alkyl halides is 2. The summed E-state index contributed by atoms with van der Waals surface area (Å²) in [4.78, 5) is 24.5. The summed E-state index contributed by atoms with van der Waals surface area (Å²) in [6.07, 6.45) is -0.696. The topological polar surface area (TPSA) is 46.6 Å². The maximum atomic E-state index is 12.0. The van der Waals surface area contributed by atoms with Gasteiger partial charge in [-0.2, -0.15) is 0 Å². The SMILES string of the molecule is COC(=O)N1C(=O)C(Br)(Br)c2ccccc21. The molecule has 0 saturated carbocycles. The lowest BCUT2D eigenvalue weighted by Crippen LogP contribution is -2.37. The van der Waals surface area contributed by atoms with Crippen molar-refractivity contribution in [3.63, 3.8) is 0 Å². The Labute approximate surface area is 109 Å². The van der Waals surface area contributed by atoms with E-state index in [0.717, 1.165) is 4.90 Å². The Hall–Kier alpha value is -0.880. The molecule has 1 aromatic rings. The Morgan fingerprint density at radius 3 is 2.62 bits per heavy atom. The maximum absolute atomic E-state index is 12.0. The minimum atomic E-state index is -1.05. The van der Waals surface area contributed by atoms with Crippen molar-refractivity contribution in [1.29, 1.82) is 0 Å². The quantitative estimate of drug-likeness (QED) is 0.677. The lowest BCUT2D eigenvalue weighted by atomic mass is 10.2. The Morgan fingerprint density at radius 2 is 2.00 bits per heavy atom. The van der Waals surface area contributed by atoms with Gasteiger partial charge in [0.25, 0.3) is 5.91 Å². The van der Waals surface area contributed by atoms with Crippen LogP contribution in [0.3, 0.4) is 0 Å². The van der Waals surface area contributed by atoms with E-state index in [1.807, 2.05) is 0 Å². The largest absolute Gasteiger partial charge is 0.452 e. The molecule has 4 nitrogen and oxygen atoms in total. The zero-order valence-electron chi connectivity index (χ0n) is 8.24. The van der Waals surface area contributed by atoms with Crippen LogP contribution in [0.1, 0.15) is 5.56 Å². The van der Waals surface area contributed by atoms with Gasteiger partial charge in [0.15, 0.2) is 3.23 Å². The van der Waals surface area contributed by atoms with Gasteiger partial charge in [-0.3, -0.25) is 4.79 Å². The van der Waals surface area contributed by atoms with Crippen LogP contribution in [0.5, 0.6) is 0 Å². The third-order valence-electron chi connectivity index (χ3n) is 2.31. The number of anilines is 1. The van der Waals surface area contributed by atoms with Gasteiger partial charge in [0.2, 0.25) is 0 Å². The molecule has 1 heterocycles. The van der Waals surface area contributed by atoms with Crippen molar-refractivity contribution in [3.05, 3.63) is 29.8 Å². The summed E-state index contributed by atoms with van der Waals surface area (Å²) in [6.45, 7) is 0. The number of amides is 2. The van der Waals surface area contributed by atoms with Crippen molar-refractivity contribution in [2.24, 2.45) is 0 Å². The number of methoxy groups -OCH3 is 1. The molecule has 1 aliphatic heterocycles. The van der Waals surface area contributed by atoms with Crippen molar-refractivity contribution < 1.29 is 14.3 Å². The smallest absolute Gasteiger partial charge is 0.421 e. The predicted molar refractivity (Wildman–Crippen MR) is 65.9 cm³/mol. The molecular formula is C10H7Br2NO3. The van der Waals surface area contributed by atoms with E-state index in [9.17, 15) is 9.59 Å². The molecule has 0 saturated heterocycles. The lowest BCUT2D eigenvalue weighted by Gasteiger charge is -2.14. The number of para-hydroxylation sites is 1. The fraction of sp³-hybridized carbons (Fsp3) is 0.200. The molecule has 0 spiro atoms. The standard InChI is InChI=1S/C10H7Br2NO3/c1-16-9(15)13-7-5-3-2-4-6(7)10(11,12)8(13)14/h2-5H,1H3. The molecule has 0 unspecified atom stereocenters. The number of fused-ring (bicyclic) bond motifs is 1. The molecule has 2 rings (SSSR count). The Kier molecular flexibility index (Phi) is 2.79. The number of halogens is 2. The van der Waals surface area contributed by atoms with Gasteiger partial charge in [-0.05, 0) is 6.07 Å². The van der Waals surface area contributed by atoms with Gasteiger partial charge in [-0.25, -0.2) is 9.69 Å². The van der Waals surface area contributed by atoms with Crippen LogP contribution >= 0.6 is 31.9 Å². The first-order chi connectivity index (χ1) is 7.50. The summed E-state index contributed by atoms with van der Waals surface area (Å²) in [7, 11) is 1.24. The summed E-state index contributed by atoms with van der Waals surface area (Å²) in [5, 5.41) is 0. The molecule has 0 bridgehead atoms. The molecule has 16 heavy (non-hydrogen) atoms. The average molecular weight is 349 g/mol. The van der Waals surface area contributed by atoms with Crippen molar-refractivity contribution >= 4 is 49.5 Å². The second kappa shape index (κ2) is 3.85. The zero-order chi connectivity index (χ0) is 11.9. The molecule has 0 aliphatic carbocycles. The molecule has 0 atom stereocenters. The van der Waals surface area contributed by atoms with E-state index in [1.54, 1.807) is 24.3 Å². The molecule has 1 aliphatic rings. The van der Waals surface area contributed by atoms with Crippen molar-refractivity contribution in [1.82, 2.24) is 0 Å². The number of benzene rings is 1. The number of ether oxygens (including phenoxy) is 1. The van der Waals surface area contributed by atoms with E-state index in [4.69, 9.17) is 0 Å². The van der Waals surface area contributed by atoms with E-state index < -0.39 is 15.2 Å². The molecule has 0 fully saturated rings. The molecular weight excluding hydrogens is 342 g/mol. The molecule has 84 valence electrons. The molecule has 1 aromatic carbocycles. The number of nitrogens with zero attached hydrogens (tertiary/aromatic N) is 1. The highest BCUT2D eigenvalue weighted by molar-refractivity contribution is 9.25. The van der Waals surface area contributed by atoms with Gasteiger partial charge < -0.3 is 4.74 Å². The number of imide groups is 1. The predicted octanol–water partition coefficient (Wildman–Crippen LogP) is 2.74. The van der Waals surface area contributed by atoms with Crippen LogP contribution < -0.4 is 4.90 Å². The van der Waals surface area contributed by atoms with E-state index in [0.29, 0.717) is 11.3 Å². The number of rotatable bonds is 0. The van der Waals surface area contributed by atoms with Crippen molar-refractivity contribution in [2.75, 3.05) is 12.0 Å². The van der Waals surface area contributed by atoms with Crippen LogP contribution in [-0.2, 0) is 12.8 Å². The molecule has 6 heteroatoms. The second-order valence-corrected chi connectivity index (χ2v) is 6.65. The van der Waals surface area contributed by atoms with Crippen molar-refractivity contribution in [2.45, 2.75) is 3.23 Å². The average Bonchev–Trinajstić information content (AvgIpc) is 2.48. The minimum absolute atomic E-state index is 0.416. The normalized spacial score (nSPS) is 17.2. The summed E-state index contributed by atoms with van der Waals surface area (Å²) in [6, 6.07) is 7.00. The van der Waals surface area contributed by atoms with Gasteiger partial charge in [-0.1, -0.05) is 50.1 Å². The van der Waals surface area contributed by atoms with Gasteiger partial charge >= 0.3 is 6.09 Å². The van der Waals surface area contributed by atoms with Crippen LogP contribution in [0.2, 0.25) is 0 Å². The Morgan fingerprint density at radius 1 is 1.38 bits per heavy atom. The van der Waals surface area contributed by atoms with Crippen LogP contribution in [-0.4, -0.2) is 19.1 Å². The van der Waals surface area contributed by atoms with Gasteiger partial charge in [-0.15, -0.1) is 0 Å². The first-order valence-corrected chi connectivity index (χ1v) is 5.98. The Bertz CT molecular complexity index is 473. The fourth-order valence-electron chi connectivity index (χ4n) is 1.57. The zero-order valence-corrected chi connectivity index (χ0v) is 11.4. The molecule has 2 amide bonds. The van der Waals surface area contributed by atoms with Gasteiger partial charge in [0.05, 0.1) is 12.8 Å². The lowest BCUT2D eigenvalue weighted by molar-refractivity contribution is -0.117. The summed E-state index contributed by atoms with van der Waals surface area (Å²) in [5.41, 5.74) is 1.21. The van der Waals surface area contributed by atoms with Crippen LogP contribution in [0.4, 0.5) is 10.5 Å². The third-order valence-corrected chi connectivity index (χ3v) is 3.84. The van der Waals surface area contributed by atoms with Crippen LogP contribution in [0, 0.1) is 0 Å². The van der Waals surface area contributed by atoms with E-state index in [2.05, 4.69) is 36.6 Å². The summed E-state index contributed by atoms with van der Waals surface area (Å²) < 4.78 is 3.53. The molecule has 0 aromatic heterocycles. The summed E-state index contributed by atoms with van der Waals surface area (Å²) in [5.74, 6) is -0.416.